The fourth-order valence-corrected chi connectivity index (χ4v) is 1.98. The highest BCUT2D eigenvalue weighted by Gasteiger charge is 2.10. The Morgan fingerprint density at radius 2 is 1.76 bits per heavy atom. The van der Waals surface area contributed by atoms with Crippen LogP contribution in [0, 0.1) is 0 Å². The highest BCUT2D eigenvalue weighted by molar-refractivity contribution is 7.92. The second-order valence-electron chi connectivity index (χ2n) is 5.06. The van der Waals surface area contributed by atoms with Gasteiger partial charge in [-0.15, -0.1) is 0 Å². The van der Waals surface area contributed by atoms with Crippen molar-refractivity contribution in [2.45, 2.75) is 32.2 Å². The third-order valence-corrected chi connectivity index (χ3v) is 2.92. The zero-order chi connectivity index (χ0) is 13.1. The van der Waals surface area contributed by atoms with E-state index in [2.05, 4.69) is 4.72 Å². The molecule has 96 valence electrons. The van der Waals surface area contributed by atoms with Crippen molar-refractivity contribution in [1.82, 2.24) is 0 Å². The molecule has 0 bridgehead atoms. The van der Waals surface area contributed by atoms with E-state index in [1.165, 1.54) is 0 Å². The lowest BCUT2D eigenvalue weighted by Gasteiger charge is -2.18. The van der Waals surface area contributed by atoms with Gasteiger partial charge in [-0.2, -0.15) is 0 Å². The largest absolute Gasteiger partial charge is 0.326 e. The number of anilines is 1. The van der Waals surface area contributed by atoms with Gasteiger partial charge in [0.2, 0.25) is 10.0 Å². The van der Waals surface area contributed by atoms with Crippen LogP contribution < -0.4 is 10.5 Å². The molecule has 17 heavy (non-hydrogen) atoms. The van der Waals surface area contributed by atoms with Crippen LogP contribution in [0.5, 0.6) is 0 Å². The molecule has 0 aliphatic carbocycles. The van der Waals surface area contributed by atoms with Crippen LogP contribution in [0.25, 0.3) is 0 Å². The lowest BCUT2D eigenvalue weighted by atomic mass is 9.96. The van der Waals surface area contributed by atoms with E-state index in [1.807, 2.05) is 26.0 Å². The van der Waals surface area contributed by atoms with Gasteiger partial charge >= 0.3 is 0 Å². The highest BCUT2D eigenvalue weighted by Crippen LogP contribution is 2.14. The average molecular weight is 256 g/mol. The van der Waals surface area contributed by atoms with E-state index < -0.39 is 10.0 Å². The topological polar surface area (TPSA) is 72.2 Å². The van der Waals surface area contributed by atoms with Gasteiger partial charge in [0.25, 0.3) is 0 Å². The van der Waals surface area contributed by atoms with Crippen molar-refractivity contribution >= 4 is 15.7 Å². The summed E-state index contributed by atoms with van der Waals surface area (Å²) in [6.45, 7) is 3.99. The van der Waals surface area contributed by atoms with Gasteiger partial charge in [0, 0.05) is 11.2 Å². The summed E-state index contributed by atoms with van der Waals surface area (Å²) in [5.41, 5.74) is 7.47. The first-order valence-electron chi connectivity index (χ1n) is 5.51. The van der Waals surface area contributed by atoms with Gasteiger partial charge in [-0.3, -0.25) is 4.72 Å². The van der Waals surface area contributed by atoms with Crippen LogP contribution in [0.15, 0.2) is 24.3 Å². The Morgan fingerprint density at radius 1 is 1.24 bits per heavy atom. The first kappa shape index (κ1) is 14.0. The van der Waals surface area contributed by atoms with Gasteiger partial charge < -0.3 is 5.73 Å². The van der Waals surface area contributed by atoms with Crippen LogP contribution in [0.3, 0.4) is 0 Å². The Balaban J connectivity index is 2.63. The molecule has 3 N–H and O–H groups in total. The summed E-state index contributed by atoms with van der Waals surface area (Å²) in [4.78, 5) is 0. The molecule has 0 atom stereocenters. The molecule has 1 aromatic rings. The number of sulfonamides is 1. The molecule has 0 amide bonds. The molecule has 1 aromatic carbocycles. The molecule has 0 fully saturated rings. The number of aryl methyl sites for hydroxylation is 1. The lowest BCUT2D eigenvalue weighted by molar-refractivity contribution is 0.477. The Hall–Kier alpha value is -1.07. The zero-order valence-electron chi connectivity index (χ0n) is 10.5. The second kappa shape index (κ2) is 5.06. The van der Waals surface area contributed by atoms with E-state index in [0.29, 0.717) is 5.69 Å². The van der Waals surface area contributed by atoms with E-state index in [4.69, 9.17) is 5.73 Å². The van der Waals surface area contributed by atoms with E-state index >= 15 is 0 Å². The maximum atomic E-state index is 11.0. The molecule has 5 heteroatoms. The van der Waals surface area contributed by atoms with E-state index in [0.717, 1.165) is 24.7 Å². The minimum Gasteiger partial charge on any atom is -0.326 e. The molecule has 1 rings (SSSR count). The molecular formula is C12H20N2O2S. The molecule has 0 saturated carbocycles. The Labute approximate surface area is 103 Å². The molecule has 0 aromatic heterocycles. The molecule has 4 nitrogen and oxygen atoms in total. The minimum absolute atomic E-state index is 0.177. The molecule has 0 spiro atoms. The van der Waals surface area contributed by atoms with Crippen molar-refractivity contribution in [3.05, 3.63) is 29.8 Å². The van der Waals surface area contributed by atoms with Gasteiger partial charge in [0.15, 0.2) is 0 Å². The lowest BCUT2D eigenvalue weighted by Crippen LogP contribution is -2.32. The fraction of sp³-hybridized carbons (Fsp3) is 0.500. The molecule has 0 saturated heterocycles. The van der Waals surface area contributed by atoms with Crippen LogP contribution in [0.1, 0.15) is 25.8 Å². The Morgan fingerprint density at radius 3 is 2.18 bits per heavy atom. The van der Waals surface area contributed by atoms with Gasteiger partial charge in [0.1, 0.15) is 0 Å². The fourth-order valence-electron chi connectivity index (χ4n) is 1.42. The number of nitrogens with two attached hydrogens (primary N) is 1. The Bertz CT molecular complexity index is 458. The summed E-state index contributed by atoms with van der Waals surface area (Å²) in [7, 11) is -3.20. The average Bonchev–Trinajstić information content (AvgIpc) is 2.13. The van der Waals surface area contributed by atoms with Gasteiger partial charge in [-0.25, -0.2) is 8.42 Å². The summed E-state index contributed by atoms with van der Waals surface area (Å²) in [6, 6.07) is 7.36. The van der Waals surface area contributed by atoms with Crippen LogP contribution in [0.4, 0.5) is 5.69 Å². The number of hydrogen-bond acceptors (Lipinski definition) is 3. The highest BCUT2D eigenvalue weighted by atomic mass is 32.2. The smallest absolute Gasteiger partial charge is 0.229 e. The molecule has 0 aliphatic rings. The van der Waals surface area contributed by atoms with Crippen molar-refractivity contribution in [2.24, 2.45) is 5.73 Å². The monoisotopic (exact) mass is 256 g/mol. The van der Waals surface area contributed by atoms with Crippen molar-refractivity contribution in [1.29, 1.82) is 0 Å². The molecular weight excluding hydrogens is 236 g/mol. The van der Waals surface area contributed by atoms with Crippen molar-refractivity contribution in [2.75, 3.05) is 11.0 Å². The first-order chi connectivity index (χ1) is 7.66. The summed E-state index contributed by atoms with van der Waals surface area (Å²) in [6.07, 6.45) is 2.92. The van der Waals surface area contributed by atoms with E-state index in [-0.39, 0.29) is 5.54 Å². The first-order valence-corrected chi connectivity index (χ1v) is 7.40. The number of nitrogens with one attached hydrogen (secondary N) is 1. The van der Waals surface area contributed by atoms with E-state index in [1.54, 1.807) is 12.1 Å². The third kappa shape index (κ3) is 6.28. The Kier molecular flexibility index (Phi) is 4.16. The van der Waals surface area contributed by atoms with E-state index in [9.17, 15) is 8.42 Å². The van der Waals surface area contributed by atoms with Gasteiger partial charge in [0.05, 0.1) is 6.26 Å². The standard InChI is InChI=1S/C12H20N2O2S/c1-12(2,13)9-8-10-4-6-11(7-5-10)14-17(3,15)16/h4-7,14H,8-9,13H2,1-3H3. The molecule has 0 radical (unpaired) electrons. The minimum atomic E-state index is -3.20. The predicted molar refractivity (Wildman–Crippen MR) is 71.5 cm³/mol. The van der Waals surface area contributed by atoms with Crippen molar-refractivity contribution in [3.8, 4) is 0 Å². The van der Waals surface area contributed by atoms with Gasteiger partial charge in [-0.1, -0.05) is 12.1 Å². The zero-order valence-corrected chi connectivity index (χ0v) is 11.3. The molecule has 0 unspecified atom stereocenters. The van der Waals surface area contributed by atoms with Crippen LogP contribution >= 0.6 is 0 Å². The summed E-state index contributed by atoms with van der Waals surface area (Å²) >= 11 is 0. The van der Waals surface area contributed by atoms with Crippen LogP contribution in [-0.4, -0.2) is 20.2 Å². The normalized spacial score (nSPS) is 12.5. The number of hydrogen-bond donors (Lipinski definition) is 2. The summed E-state index contributed by atoms with van der Waals surface area (Å²) < 4.78 is 24.5. The van der Waals surface area contributed by atoms with Crippen molar-refractivity contribution < 1.29 is 8.42 Å². The molecule has 0 aliphatic heterocycles. The quantitative estimate of drug-likeness (QED) is 0.842. The van der Waals surface area contributed by atoms with Crippen LogP contribution in [-0.2, 0) is 16.4 Å². The summed E-state index contributed by atoms with van der Waals surface area (Å²) in [5.74, 6) is 0. The number of benzene rings is 1. The predicted octanol–water partition coefficient (Wildman–Crippen LogP) is 1.73. The second-order valence-corrected chi connectivity index (χ2v) is 6.81. The van der Waals surface area contributed by atoms with Crippen molar-refractivity contribution in [3.63, 3.8) is 0 Å². The maximum absolute atomic E-state index is 11.0. The summed E-state index contributed by atoms with van der Waals surface area (Å²) in [5, 5.41) is 0. The maximum Gasteiger partial charge on any atom is 0.229 e. The number of rotatable bonds is 5. The SMILES string of the molecule is CC(C)(N)CCc1ccc(NS(C)(=O)=O)cc1. The van der Waals surface area contributed by atoms with Crippen LogP contribution in [0.2, 0.25) is 0 Å². The molecule has 0 heterocycles. The third-order valence-electron chi connectivity index (χ3n) is 2.32. The van der Waals surface area contributed by atoms with Gasteiger partial charge in [-0.05, 0) is 44.4 Å².